The van der Waals surface area contributed by atoms with Gasteiger partial charge in [0.05, 0.1) is 4.88 Å². The lowest BCUT2D eigenvalue weighted by Crippen LogP contribution is -1.97. The van der Waals surface area contributed by atoms with Crippen molar-refractivity contribution < 1.29 is 4.74 Å². The summed E-state index contributed by atoms with van der Waals surface area (Å²) in [6.07, 6.45) is 0. The van der Waals surface area contributed by atoms with Crippen molar-refractivity contribution in [2.75, 3.05) is 0 Å². The van der Waals surface area contributed by atoms with E-state index < -0.39 is 0 Å². The number of nitrogens with two attached hydrogens (primary N) is 1. The molecule has 0 fully saturated rings. The Morgan fingerprint density at radius 1 is 1.19 bits per heavy atom. The van der Waals surface area contributed by atoms with Crippen LogP contribution in [0.1, 0.15) is 10.4 Å². The van der Waals surface area contributed by atoms with Crippen molar-refractivity contribution in [3.8, 4) is 5.75 Å². The summed E-state index contributed by atoms with van der Waals surface area (Å²) in [6.45, 7) is 1.16. The SMILES string of the molecule is NCc1ccc(OCc2sccc2Br)cc1. The second-order valence-electron chi connectivity index (χ2n) is 3.33. The molecule has 2 N–H and O–H groups in total. The smallest absolute Gasteiger partial charge is 0.124 e. The van der Waals surface area contributed by atoms with E-state index in [1.54, 1.807) is 11.3 Å². The minimum absolute atomic E-state index is 0.566. The highest BCUT2D eigenvalue weighted by molar-refractivity contribution is 9.10. The fourth-order valence-corrected chi connectivity index (χ4v) is 2.68. The second-order valence-corrected chi connectivity index (χ2v) is 5.18. The molecule has 0 aliphatic heterocycles. The average molecular weight is 298 g/mol. The highest BCUT2D eigenvalue weighted by Gasteiger charge is 2.02. The van der Waals surface area contributed by atoms with Gasteiger partial charge in [0.25, 0.3) is 0 Å². The van der Waals surface area contributed by atoms with Crippen LogP contribution in [0, 0.1) is 0 Å². The Balaban J connectivity index is 1.97. The molecule has 0 amide bonds. The van der Waals surface area contributed by atoms with Crippen molar-refractivity contribution in [2.24, 2.45) is 5.73 Å². The van der Waals surface area contributed by atoms with Crippen LogP contribution in [0.4, 0.5) is 0 Å². The first-order valence-corrected chi connectivity index (χ1v) is 6.60. The van der Waals surface area contributed by atoms with Crippen LogP contribution < -0.4 is 10.5 Å². The van der Waals surface area contributed by atoms with Crippen molar-refractivity contribution in [3.05, 3.63) is 50.6 Å². The Labute approximate surface area is 107 Å². The molecule has 2 aromatic rings. The van der Waals surface area contributed by atoms with Gasteiger partial charge in [-0.15, -0.1) is 11.3 Å². The summed E-state index contributed by atoms with van der Waals surface area (Å²) in [6, 6.07) is 9.89. The molecule has 0 spiro atoms. The number of thiophene rings is 1. The van der Waals surface area contributed by atoms with Crippen LogP contribution in [0.25, 0.3) is 0 Å². The number of halogens is 1. The van der Waals surface area contributed by atoms with Crippen LogP contribution in [0.15, 0.2) is 40.2 Å². The molecule has 0 aliphatic carbocycles. The molecule has 2 nitrogen and oxygen atoms in total. The first-order valence-electron chi connectivity index (χ1n) is 4.93. The van der Waals surface area contributed by atoms with Gasteiger partial charge in [0.1, 0.15) is 12.4 Å². The van der Waals surface area contributed by atoms with E-state index in [4.69, 9.17) is 10.5 Å². The summed E-state index contributed by atoms with van der Waals surface area (Å²) in [4.78, 5) is 1.20. The third kappa shape index (κ3) is 2.84. The molecule has 0 radical (unpaired) electrons. The summed E-state index contributed by atoms with van der Waals surface area (Å²) in [7, 11) is 0. The van der Waals surface area contributed by atoms with Crippen LogP contribution in [-0.4, -0.2) is 0 Å². The number of hydrogen-bond donors (Lipinski definition) is 1. The van der Waals surface area contributed by atoms with Crippen LogP contribution in [0.3, 0.4) is 0 Å². The van der Waals surface area contributed by atoms with E-state index in [1.165, 1.54) is 4.88 Å². The highest BCUT2D eigenvalue weighted by atomic mass is 79.9. The number of rotatable bonds is 4. The van der Waals surface area contributed by atoms with E-state index in [0.717, 1.165) is 15.8 Å². The molecule has 0 bridgehead atoms. The van der Waals surface area contributed by atoms with Crippen molar-refractivity contribution in [1.82, 2.24) is 0 Å². The van der Waals surface area contributed by atoms with Gasteiger partial charge in [-0.1, -0.05) is 12.1 Å². The highest BCUT2D eigenvalue weighted by Crippen LogP contribution is 2.24. The van der Waals surface area contributed by atoms with E-state index in [0.29, 0.717) is 13.2 Å². The summed E-state index contributed by atoms with van der Waals surface area (Å²) in [5.74, 6) is 0.873. The third-order valence-electron chi connectivity index (χ3n) is 2.22. The van der Waals surface area contributed by atoms with Crippen molar-refractivity contribution in [2.45, 2.75) is 13.2 Å². The molecule has 0 saturated heterocycles. The van der Waals surface area contributed by atoms with E-state index >= 15 is 0 Å². The van der Waals surface area contributed by atoms with E-state index in [-0.39, 0.29) is 0 Å². The average Bonchev–Trinajstić information content (AvgIpc) is 2.73. The van der Waals surface area contributed by atoms with Gasteiger partial charge in [-0.3, -0.25) is 0 Å². The zero-order valence-electron chi connectivity index (χ0n) is 8.65. The summed E-state index contributed by atoms with van der Waals surface area (Å²) in [5, 5.41) is 2.04. The Morgan fingerprint density at radius 2 is 1.94 bits per heavy atom. The maximum absolute atomic E-state index is 5.67. The van der Waals surface area contributed by atoms with Gasteiger partial charge >= 0.3 is 0 Å². The van der Waals surface area contributed by atoms with E-state index in [1.807, 2.05) is 35.7 Å². The number of benzene rings is 1. The summed E-state index contributed by atoms with van der Waals surface area (Å²) < 4.78 is 6.78. The molecule has 4 heteroatoms. The summed E-state index contributed by atoms with van der Waals surface area (Å²) >= 11 is 5.16. The summed E-state index contributed by atoms with van der Waals surface area (Å²) in [5.41, 5.74) is 6.64. The Kier molecular flexibility index (Phi) is 3.98. The second kappa shape index (κ2) is 5.48. The zero-order chi connectivity index (χ0) is 11.4. The first kappa shape index (κ1) is 11.6. The van der Waals surface area contributed by atoms with Gasteiger partial charge in [-0.2, -0.15) is 0 Å². The van der Waals surface area contributed by atoms with Crippen molar-refractivity contribution in [1.29, 1.82) is 0 Å². The third-order valence-corrected chi connectivity index (χ3v) is 4.12. The lowest BCUT2D eigenvalue weighted by molar-refractivity contribution is 0.309. The minimum Gasteiger partial charge on any atom is -0.488 e. The normalized spacial score (nSPS) is 10.4. The standard InChI is InChI=1S/C12H12BrNOS/c13-11-5-6-16-12(11)8-15-10-3-1-9(7-14)2-4-10/h1-6H,7-8,14H2. The van der Waals surface area contributed by atoms with Gasteiger partial charge < -0.3 is 10.5 Å². The molecule has 0 atom stereocenters. The van der Waals surface area contributed by atoms with Gasteiger partial charge in [0.2, 0.25) is 0 Å². The monoisotopic (exact) mass is 297 g/mol. The van der Waals surface area contributed by atoms with E-state index in [9.17, 15) is 0 Å². The molecule has 84 valence electrons. The Hall–Kier alpha value is -0.840. The largest absolute Gasteiger partial charge is 0.488 e. The number of ether oxygens (including phenoxy) is 1. The quantitative estimate of drug-likeness (QED) is 0.937. The molecule has 1 aromatic carbocycles. The van der Waals surface area contributed by atoms with Gasteiger partial charge in [-0.25, -0.2) is 0 Å². The Morgan fingerprint density at radius 3 is 2.50 bits per heavy atom. The van der Waals surface area contributed by atoms with Crippen LogP contribution in [0.2, 0.25) is 0 Å². The predicted molar refractivity (Wildman–Crippen MR) is 70.7 cm³/mol. The molecule has 0 aliphatic rings. The topological polar surface area (TPSA) is 35.2 Å². The van der Waals surface area contributed by atoms with Crippen molar-refractivity contribution >= 4 is 27.3 Å². The lowest BCUT2D eigenvalue weighted by atomic mass is 10.2. The molecule has 1 aromatic heterocycles. The van der Waals surface area contributed by atoms with Crippen LogP contribution >= 0.6 is 27.3 Å². The molecule has 16 heavy (non-hydrogen) atoms. The molecule has 0 unspecified atom stereocenters. The first-order chi connectivity index (χ1) is 7.79. The van der Waals surface area contributed by atoms with Gasteiger partial charge in [0, 0.05) is 11.0 Å². The maximum atomic E-state index is 5.67. The van der Waals surface area contributed by atoms with E-state index in [2.05, 4.69) is 15.9 Å². The molecule has 2 rings (SSSR count). The van der Waals surface area contributed by atoms with Crippen molar-refractivity contribution in [3.63, 3.8) is 0 Å². The van der Waals surface area contributed by atoms with Gasteiger partial charge in [-0.05, 0) is 45.1 Å². The molecule has 0 saturated carbocycles. The zero-order valence-corrected chi connectivity index (χ0v) is 11.1. The fourth-order valence-electron chi connectivity index (χ4n) is 1.30. The Bertz CT molecular complexity index is 452. The fraction of sp³-hybridized carbons (Fsp3) is 0.167. The van der Waals surface area contributed by atoms with Crippen LogP contribution in [0.5, 0.6) is 5.75 Å². The van der Waals surface area contributed by atoms with Crippen LogP contribution in [-0.2, 0) is 13.2 Å². The molecular weight excluding hydrogens is 286 g/mol. The maximum Gasteiger partial charge on any atom is 0.124 e. The minimum atomic E-state index is 0.566. The molecule has 1 heterocycles. The predicted octanol–water partition coefficient (Wildman–Crippen LogP) is 3.55. The van der Waals surface area contributed by atoms with Gasteiger partial charge in [0.15, 0.2) is 0 Å². The number of hydrogen-bond acceptors (Lipinski definition) is 3. The molecular formula is C12H12BrNOS. The lowest BCUT2D eigenvalue weighted by Gasteiger charge is -2.05.